The summed E-state index contributed by atoms with van der Waals surface area (Å²) in [5.41, 5.74) is 0.565. The normalized spacial score (nSPS) is 13.3. The lowest BCUT2D eigenvalue weighted by molar-refractivity contribution is -0.116. The molecule has 3 rings (SSSR count). The van der Waals surface area contributed by atoms with Crippen molar-refractivity contribution >= 4 is 53.8 Å². The number of aldehydes is 1. The molecule has 0 saturated carbocycles. The summed E-state index contributed by atoms with van der Waals surface area (Å²) >= 11 is 1.23. The van der Waals surface area contributed by atoms with E-state index in [0.717, 1.165) is 4.90 Å². The molecule has 0 fully saturated rings. The number of alkyl halides is 2. The number of nitrogens with zero attached hydrogens (tertiary/aromatic N) is 1. The SMILES string of the molecule is O=Cc1cc(C(=O)Nc2ccc3c(c2)N(CC(F)F)C(=O)CS3)ccc1B(O)O. The molecule has 0 bridgehead atoms. The lowest BCUT2D eigenvalue weighted by Gasteiger charge is -2.29. The van der Waals surface area contributed by atoms with Crippen LogP contribution >= 0.6 is 11.8 Å². The molecule has 0 spiro atoms. The molecule has 0 unspecified atom stereocenters. The van der Waals surface area contributed by atoms with Gasteiger partial charge in [-0.15, -0.1) is 11.8 Å². The second-order valence-corrected chi connectivity index (χ2v) is 7.17. The summed E-state index contributed by atoms with van der Waals surface area (Å²) in [5, 5.41) is 21.0. The molecule has 1 aliphatic rings. The van der Waals surface area contributed by atoms with E-state index in [4.69, 9.17) is 0 Å². The van der Waals surface area contributed by atoms with Crippen molar-refractivity contribution in [1.29, 1.82) is 0 Å². The van der Waals surface area contributed by atoms with E-state index in [1.54, 1.807) is 12.1 Å². The summed E-state index contributed by atoms with van der Waals surface area (Å²) in [4.78, 5) is 37.3. The third-order valence-corrected chi connectivity index (χ3v) is 5.28. The summed E-state index contributed by atoms with van der Waals surface area (Å²) < 4.78 is 25.7. The number of hydrogen-bond acceptors (Lipinski definition) is 6. The Hall–Kier alpha value is -2.76. The van der Waals surface area contributed by atoms with Gasteiger partial charge in [0.2, 0.25) is 5.91 Å². The van der Waals surface area contributed by atoms with Crippen molar-refractivity contribution in [1.82, 2.24) is 0 Å². The maximum atomic E-state index is 12.8. The maximum absolute atomic E-state index is 12.8. The van der Waals surface area contributed by atoms with Crippen LogP contribution in [0.1, 0.15) is 20.7 Å². The minimum atomic E-state index is -2.70. The lowest BCUT2D eigenvalue weighted by Crippen LogP contribution is -2.38. The Morgan fingerprint density at radius 2 is 2.03 bits per heavy atom. The zero-order valence-corrected chi connectivity index (χ0v) is 15.7. The van der Waals surface area contributed by atoms with Crippen LogP contribution in [-0.4, -0.2) is 54.0 Å². The van der Waals surface area contributed by atoms with Gasteiger partial charge in [-0.3, -0.25) is 14.4 Å². The summed E-state index contributed by atoms with van der Waals surface area (Å²) in [6.07, 6.45) is -2.30. The number of anilines is 2. The third kappa shape index (κ3) is 4.64. The predicted molar refractivity (Wildman–Crippen MR) is 105 cm³/mol. The van der Waals surface area contributed by atoms with E-state index >= 15 is 0 Å². The van der Waals surface area contributed by atoms with Gasteiger partial charge in [-0.05, 0) is 35.8 Å². The number of halogens is 2. The number of rotatable bonds is 6. The molecule has 2 aromatic rings. The number of hydrogen-bond donors (Lipinski definition) is 3. The monoisotopic (exact) mass is 420 g/mol. The molecule has 150 valence electrons. The average Bonchev–Trinajstić information content (AvgIpc) is 2.69. The highest BCUT2D eigenvalue weighted by molar-refractivity contribution is 8.00. The molecule has 2 aromatic carbocycles. The first-order valence-electron chi connectivity index (χ1n) is 8.42. The quantitative estimate of drug-likeness (QED) is 0.478. The predicted octanol–water partition coefficient (Wildman–Crippen LogP) is 1.13. The van der Waals surface area contributed by atoms with Gasteiger partial charge in [0, 0.05) is 21.7 Å². The molecular formula is C18H15BF2N2O5S. The average molecular weight is 420 g/mol. The third-order valence-electron chi connectivity index (χ3n) is 4.23. The second-order valence-electron chi connectivity index (χ2n) is 6.16. The van der Waals surface area contributed by atoms with Crippen LogP contribution in [-0.2, 0) is 4.79 Å². The minimum absolute atomic E-state index is 0.0384. The van der Waals surface area contributed by atoms with Gasteiger partial charge in [-0.1, -0.05) is 6.07 Å². The van der Waals surface area contributed by atoms with E-state index in [2.05, 4.69) is 5.32 Å². The Balaban J connectivity index is 1.86. The summed E-state index contributed by atoms with van der Waals surface area (Å²) in [6, 6.07) is 8.41. The van der Waals surface area contributed by atoms with Gasteiger partial charge >= 0.3 is 7.12 Å². The maximum Gasteiger partial charge on any atom is 0.489 e. The molecule has 29 heavy (non-hydrogen) atoms. The molecule has 0 aromatic heterocycles. The molecule has 1 heterocycles. The van der Waals surface area contributed by atoms with Gasteiger partial charge < -0.3 is 20.3 Å². The molecule has 2 amide bonds. The van der Waals surface area contributed by atoms with Gasteiger partial charge in [-0.25, -0.2) is 8.78 Å². The van der Waals surface area contributed by atoms with Crippen LogP contribution in [0.2, 0.25) is 0 Å². The summed E-state index contributed by atoms with van der Waals surface area (Å²) in [6.45, 7) is -0.739. The fraction of sp³-hybridized carbons (Fsp3) is 0.167. The van der Waals surface area contributed by atoms with Crippen LogP contribution in [0.15, 0.2) is 41.3 Å². The first-order valence-corrected chi connectivity index (χ1v) is 9.40. The number of amides is 2. The molecule has 0 aliphatic carbocycles. The highest BCUT2D eigenvalue weighted by Gasteiger charge is 2.27. The molecular weight excluding hydrogens is 405 g/mol. The van der Waals surface area contributed by atoms with Crippen LogP contribution in [0, 0.1) is 0 Å². The van der Waals surface area contributed by atoms with Gasteiger partial charge in [0.05, 0.1) is 18.0 Å². The first-order chi connectivity index (χ1) is 13.8. The topological polar surface area (TPSA) is 107 Å². The highest BCUT2D eigenvalue weighted by Crippen LogP contribution is 2.37. The van der Waals surface area contributed by atoms with E-state index in [-0.39, 0.29) is 33.7 Å². The number of fused-ring (bicyclic) bond motifs is 1. The van der Waals surface area contributed by atoms with Crippen LogP contribution in [0.25, 0.3) is 0 Å². The molecule has 0 atom stereocenters. The zero-order chi connectivity index (χ0) is 21.1. The lowest BCUT2D eigenvalue weighted by atomic mass is 9.77. The Morgan fingerprint density at radius 3 is 2.69 bits per heavy atom. The van der Waals surface area contributed by atoms with E-state index in [9.17, 15) is 33.2 Å². The molecule has 11 heteroatoms. The van der Waals surface area contributed by atoms with Crippen molar-refractivity contribution in [2.45, 2.75) is 11.3 Å². The summed E-state index contributed by atoms with van der Waals surface area (Å²) in [7, 11) is -1.86. The highest BCUT2D eigenvalue weighted by atomic mass is 32.2. The standard InChI is InChI=1S/C18H15BF2N2O5S/c20-16(21)7-23-14-6-12(2-4-15(14)29-9-17(23)25)22-18(26)10-1-3-13(19(27)28)11(5-10)8-24/h1-6,8,16,27-28H,7,9H2,(H,22,26). The smallest absolute Gasteiger partial charge is 0.423 e. The van der Waals surface area contributed by atoms with Crippen molar-refractivity contribution < 1.29 is 33.2 Å². The van der Waals surface area contributed by atoms with Crippen LogP contribution in [0.4, 0.5) is 20.2 Å². The second kappa shape index (κ2) is 8.72. The fourth-order valence-electron chi connectivity index (χ4n) is 2.87. The minimum Gasteiger partial charge on any atom is -0.423 e. The fourth-order valence-corrected chi connectivity index (χ4v) is 3.79. The molecule has 0 saturated heterocycles. The number of carbonyl (C=O) groups is 3. The van der Waals surface area contributed by atoms with Crippen molar-refractivity contribution in [2.24, 2.45) is 0 Å². The Labute approximate surface area is 168 Å². The Bertz CT molecular complexity index is 973. The molecule has 0 radical (unpaired) electrons. The Morgan fingerprint density at radius 1 is 1.28 bits per heavy atom. The Kier molecular flexibility index (Phi) is 6.31. The van der Waals surface area contributed by atoms with E-state index in [1.807, 2.05) is 0 Å². The number of carbonyl (C=O) groups excluding carboxylic acids is 3. The van der Waals surface area contributed by atoms with Gasteiger partial charge in [0.1, 0.15) is 6.29 Å². The van der Waals surface area contributed by atoms with Crippen molar-refractivity contribution in [3.8, 4) is 0 Å². The van der Waals surface area contributed by atoms with E-state index < -0.39 is 31.9 Å². The largest absolute Gasteiger partial charge is 0.489 e. The van der Waals surface area contributed by atoms with Crippen LogP contribution < -0.4 is 15.7 Å². The van der Waals surface area contributed by atoms with Gasteiger partial charge in [0.15, 0.2) is 0 Å². The number of nitrogens with one attached hydrogen (secondary N) is 1. The van der Waals surface area contributed by atoms with Crippen molar-refractivity contribution in [2.75, 3.05) is 22.5 Å². The van der Waals surface area contributed by atoms with Crippen molar-refractivity contribution in [3.63, 3.8) is 0 Å². The molecule has 7 nitrogen and oxygen atoms in total. The van der Waals surface area contributed by atoms with Crippen LogP contribution in [0.5, 0.6) is 0 Å². The molecule has 3 N–H and O–H groups in total. The van der Waals surface area contributed by atoms with E-state index in [0.29, 0.717) is 11.2 Å². The van der Waals surface area contributed by atoms with Gasteiger partial charge in [0.25, 0.3) is 12.3 Å². The number of thioether (sulfide) groups is 1. The molecule has 1 aliphatic heterocycles. The van der Waals surface area contributed by atoms with E-state index in [1.165, 1.54) is 36.0 Å². The number of benzene rings is 2. The van der Waals surface area contributed by atoms with Crippen LogP contribution in [0.3, 0.4) is 0 Å². The summed E-state index contributed by atoms with van der Waals surface area (Å²) in [5.74, 6) is -0.981. The van der Waals surface area contributed by atoms with Gasteiger partial charge in [-0.2, -0.15) is 0 Å². The first kappa shape index (κ1) is 21.0. The zero-order valence-electron chi connectivity index (χ0n) is 14.8. The van der Waals surface area contributed by atoms with Crippen molar-refractivity contribution in [3.05, 3.63) is 47.5 Å².